The Kier molecular flexibility index (Phi) is 5.62. The minimum absolute atomic E-state index is 0.00921. The van der Waals surface area contributed by atoms with Crippen LogP contribution in [0, 0.1) is 11.3 Å². The van der Waals surface area contributed by atoms with Crippen LogP contribution in [0.1, 0.15) is 64.2 Å². The number of carboxylic acids is 1. The second-order valence-corrected chi connectivity index (χ2v) is 6.71. The molecule has 5 heteroatoms. The van der Waals surface area contributed by atoms with Crippen LogP contribution >= 0.6 is 0 Å². The zero-order valence-electron chi connectivity index (χ0n) is 12.8. The fourth-order valence-corrected chi connectivity index (χ4v) is 3.85. The number of carbonyl (C=O) groups excluding carboxylic acids is 1. The van der Waals surface area contributed by atoms with E-state index in [1.807, 2.05) is 0 Å². The van der Waals surface area contributed by atoms with E-state index in [4.69, 9.17) is 5.73 Å². The summed E-state index contributed by atoms with van der Waals surface area (Å²) in [6, 6.07) is -0.226. The summed E-state index contributed by atoms with van der Waals surface area (Å²) in [5.41, 5.74) is 5.46. The van der Waals surface area contributed by atoms with E-state index in [1.54, 1.807) is 0 Å². The molecule has 0 saturated heterocycles. The Morgan fingerprint density at radius 1 is 1.05 bits per heavy atom. The van der Waals surface area contributed by atoms with Crippen molar-refractivity contribution >= 4 is 11.9 Å². The molecular formula is C16H28N2O3. The van der Waals surface area contributed by atoms with Gasteiger partial charge in [-0.05, 0) is 25.7 Å². The van der Waals surface area contributed by atoms with Gasteiger partial charge in [-0.25, -0.2) is 0 Å². The summed E-state index contributed by atoms with van der Waals surface area (Å²) in [6.07, 6.45) is 9.43. The molecular weight excluding hydrogens is 268 g/mol. The average Bonchev–Trinajstić information content (AvgIpc) is 2.74. The van der Waals surface area contributed by atoms with Crippen LogP contribution in [-0.2, 0) is 9.59 Å². The standard InChI is InChI=1S/C16H28N2O3/c17-11-16(9-5-1-2-6-10-16)15(21)18-13-8-4-3-7-12(13)14(19)20/h12-13H,1-11,17H2,(H,18,21)(H,19,20). The summed E-state index contributed by atoms with van der Waals surface area (Å²) < 4.78 is 0. The number of hydrogen-bond acceptors (Lipinski definition) is 3. The number of amides is 1. The summed E-state index contributed by atoms with van der Waals surface area (Å²) >= 11 is 0. The van der Waals surface area contributed by atoms with Gasteiger partial charge in [-0.1, -0.05) is 38.5 Å². The molecule has 0 aromatic heterocycles. The highest BCUT2D eigenvalue weighted by Crippen LogP contribution is 2.35. The summed E-state index contributed by atoms with van der Waals surface area (Å²) in [5, 5.41) is 12.4. The molecule has 2 fully saturated rings. The third-order valence-corrected chi connectivity index (χ3v) is 5.33. The quantitative estimate of drug-likeness (QED) is 0.692. The van der Waals surface area contributed by atoms with Crippen LogP contribution in [0.15, 0.2) is 0 Å². The fraction of sp³-hybridized carbons (Fsp3) is 0.875. The first-order chi connectivity index (χ1) is 10.1. The molecule has 120 valence electrons. The van der Waals surface area contributed by atoms with Gasteiger partial charge in [-0.2, -0.15) is 0 Å². The van der Waals surface area contributed by atoms with E-state index >= 15 is 0 Å². The molecule has 0 bridgehead atoms. The van der Waals surface area contributed by atoms with Crippen molar-refractivity contribution in [1.29, 1.82) is 0 Å². The zero-order valence-corrected chi connectivity index (χ0v) is 12.8. The van der Waals surface area contributed by atoms with E-state index in [-0.39, 0.29) is 11.9 Å². The van der Waals surface area contributed by atoms with Gasteiger partial charge in [0.1, 0.15) is 0 Å². The molecule has 2 rings (SSSR count). The van der Waals surface area contributed by atoms with Crippen molar-refractivity contribution in [3.8, 4) is 0 Å². The molecule has 2 atom stereocenters. The lowest BCUT2D eigenvalue weighted by molar-refractivity contribution is -0.144. The maximum atomic E-state index is 12.8. The Labute approximate surface area is 126 Å². The number of aliphatic carboxylic acids is 1. The van der Waals surface area contributed by atoms with Gasteiger partial charge in [0.2, 0.25) is 5.91 Å². The van der Waals surface area contributed by atoms with Crippen molar-refractivity contribution in [2.45, 2.75) is 70.3 Å². The SMILES string of the molecule is NCC1(C(=O)NC2CCCCC2C(=O)O)CCCCCC1. The lowest BCUT2D eigenvalue weighted by atomic mass is 9.78. The zero-order chi connectivity index (χ0) is 15.3. The Hall–Kier alpha value is -1.10. The van der Waals surface area contributed by atoms with Gasteiger partial charge in [0, 0.05) is 12.6 Å². The Morgan fingerprint density at radius 2 is 1.67 bits per heavy atom. The lowest BCUT2D eigenvalue weighted by Gasteiger charge is -2.35. The molecule has 4 N–H and O–H groups in total. The van der Waals surface area contributed by atoms with Crippen LogP contribution in [0.2, 0.25) is 0 Å². The molecule has 1 amide bonds. The molecule has 0 radical (unpaired) electrons. The molecule has 0 spiro atoms. The molecule has 2 unspecified atom stereocenters. The van der Waals surface area contributed by atoms with Gasteiger partial charge in [0.05, 0.1) is 11.3 Å². The minimum Gasteiger partial charge on any atom is -0.481 e. The number of rotatable bonds is 4. The van der Waals surface area contributed by atoms with E-state index in [1.165, 1.54) is 0 Å². The molecule has 5 nitrogen and oxygen atoms in total. The van der Waals surface area contributed by atoms with Crippen LogP contribution in [0.4, 0.5) is 0 Å². The molecule has 2 aliphatic rings. The van der Waals surface area contributed by atoms with Crippen molar-refractivity contribution in [1.82, 2.24) is 5.32 Å². The van der Waals surface area contributed by atoms with Crippen molar-refractivity contribution in [2.24, 2.45) is 17.1 Å². The van der Waals surface area contributed by atoms with Gasteiger partial charge < -0.3 is 16.2 Å². The van der Waals surface area contributed by atoms with E-state index in [9.17, 15) is 14.7 Å². The normalized spacial score (nSPS) is 29.4. The number of hydrogen-bond donors (Lipinski definition) is 3. The Morgan fingerprint density at radius 3 is 2.24 bits per heavy atom. The Bertz CT molecular complexity index is 376. The van der Waals surface area contributed by atoms with Crippen LogP contribution < -0.4 is 11.1 Å². The summed E-state index contributed by atoms with van der Waals surface area (Å²) in [4.78, 5) is 24.1. The second kappa shape index (κ2) is 7.25. The van der Waals surface area contributed by atoms with Gasteiger partial charge in [0.15, 0.2) is 0 Å². The van der Waals surface area contributed by atoms with Gasteiger partial charge in [-0.15, -0.1) is 0 Å². The molecule has 2 aliphatic carbocycles. The summed E-state index contributed by atoms with van der Waals surface area (Å²) in [7, 11) is 0. The number of nitrogens with one attached hydrogen (secondary N) is 1. The maximum Gasteiger partial charge on any atom is 0.308 e. The minimum atomic E-state index is -0.789. The highest BCUT2D eigenvalue weighted by atomic mass is 16.4. The highest BCUT2D eigenvalue weighted by Gasteiger charge is 2.40. The average molecular weight is 296 g/mol. The van der Waals surface area contributed by atoms with Crippen LogP contribution in [0.5, 0.6) is 0 Å². The smallest absolute Gasteiger partial charge is 0.308 e. The van der Waals surface area contributed by atoms with Gasteiger partial charge >= 0.3 is 5.97 Å². The maximum absolute atomic E-state index is 12.8. The van der Waals surface area contributed by atoms with Crippen LogP contribution in [0.25, 0.3) is 0 Å². The lowest BCUT2D eigenvalue weighted by Crippen LogP contribution is -2.52. The number of carbonyl (C=O) groups is 2. The molecule has 0 heterocycles. The first-order valence-corrected chi connectivity index (χ1v) is 8.33. The third-order valence-electron chi connectivity index (χ3n) is 5.33. The summed E-state index contributed by atoms with van der Waals surface area (Å²) in [5.74, 6) is -1.24. The van der Waals surface area contributed by atoms with E-state index in [0.717, 1.165) is 57.8 Å². The van der Waals surface area contributed by atoms with Crippen LogP contribution in [-0.4, -0.2) is 29.6 Å². The van der Waals surface area contributed by atoms with Gasteiger partial charge in [-0.3, -0.25) is 9.59 Å². The monoisotopic (exact) mass is 296 g/mol. The largest absolute Gasteiger partial charge is 0.481 e. The van der Waals surface area contributed by atoms with Gasteiger partial charge in [0.25, 0.3) is 0 Å². The molecule has 0 aliphatic heterocycles. The van der Waals surface area contributed by atoms with Crippen molar-refractivity contribution in [3.05, 3.63) is 0 Å². The Balaban J connectivity index is 2.05. The number of carboxylic acid groups (broad SMARTS) is 1. The first kappa shape index (κ1) is 16.3. The van der Waals surface area contributed by atoms with E-state index < -0.39 is 17.3 Å². The van der Waals surface area contributed by atoms with Crippen LogP contribution in [0.3, 0.4) is 0 Å². The van der Waals surface area contributed by atoms with Crippen molar-refractivity contribution in [2.75, 3.05) is 6.54 Å². The highest BCUT2D eigenvalue weighted by molar-refractivity contribution is 5.84. The molecule has 0 aromatic carbocycles. The molecule has 0 aromatic rings. The van der Waals surface area contributed by atoms with E-state index in [2.05, 4.69) is 5.32 Å². The van der Waals surface area contributed by atoms with Crippen molar-refractivity contribution in [3.63, 3.8) is 0 Å². The fourth-order valence-electron chi connectivity index (χ4n) is 3.85. The third kappa shape index (κ3) is 3.76. The summed E-state index contributed by atoms with van der Waals surface area (Å²) in [6.45, 7) is 0.364. The predicted octanol–water partition coefficient (Wildman–Crippen LogP) is 2.05. The topological polar surface area (TPSA) is 92.4 Å². The number of nitrogens with two attached hydrogens (primary N) is 1. The van der Waals surface area contributed by atoms with Crippen molar-refractivity contribution < 1.29 is 14.7 Å². The van der Waals surface area contributed by atoms with E-state index in [0.29, 0.717) is 13.0 Å². The second-order valence-electron chi connectivity index (χ2n) is 6.71. The molecule has 2 saturated carbocycles. The molecule has 21 heavy (non-hydrogen) atoms. The first-order valence-electron chi connectivity index (χ1n) is 8.33. The predicted molar refractivity (Wildman–Crippen MR) is 80.7 cm³/mol.